The molecule has 1 aromatic heterocycles. The summed E-state index contributed by atoms with van der Waals surface area (Å²) in [6.07, 6.45) is 3.60. The number of carbonyl (C=O) groups excluding carboxylic acids is 1. The van der Waals surface area contributed by atoms with Gasteiger partial charge in [0.1, 0.15) is 5.54 Å². The quantitative estimate of drug-likeness (QED) is 0.708. The summed E-state index contributed by atoms with van der Waals surface area (Å²) < 4.78 is 2.02. The fraction of sp³-hybridized carbons (Fsp3) is 0.476. The van der Waals surface area contributed by atoms with Gasteiger partial charge in [-0.3, -0.25) is 9.48 Å². The van der Waals surface area contributed by atoms with E-state index in [1.807, 2.05) is 10.9 Å². The molecule has 0 radical (unpaired) electrons. The minimum absolute atomic E-state index is 0.237. The van der Waals surface area contributed by atoms with Gasteiger partial charge in [0.15, 0.2) is 0 Å². The molecule has 0 saturated carbocycles. The first-order valence-corrected chi connectivity index (χ1v) is 9.33. The molecule has 2 aromatic rings. The molecule has 27 heavy (non-hydrogen) atoms. The van der Waals surface area contributed by atoms with E-state index < -0.39 is 11.5 Å². The van der Waals surface area contributed by atoms with E-state index in [1.54, 1.807) is 0 Å². The van der Waals surface area contributed by atoms with Crippen molar-refractivity contribution in [2.24, 2.45) is 0 Å². The summed E-state index contributed by atoms with van der Waals surface area (Å²) in [6.45, 7) is 8.02. The first-order chi connectivity index (χ1) is 12.7. The largest absolute Gasteiger partial charge is 0.480 e. The van der Waals surface area contributed by atoms with Crippen LogP contribution in [0.3, 0.4) is 0 Å². The van der Waals surface area contributed by atoms with Crippen molar-refractivity contribution in [3.05, 3.63) is 53.3 Å². The number of carbonyl (C=O) groups is 2. The van der Waals surface area contributed by atoms with Gasteiger partial charge in [-0.25, -0.2) is 4.79 Å². The average Bonchev–Trinajstić information content (AvgIpc) is 3.04. The molecule has 1 amide bonds. The van der Waals surface area contributed by atoms with E-state index in [-0.39, 0.29) is 5.91 Å². The molecule has 0 fully saturated rings. The summed E-state index contributed by atoms with van der Waals surface area (Å²) in [5.74, 6) is -0.841. The van der Waals surface area contributed by atoms with Gasteiger partial charge >= 0.3 is 5.97 Å². The summed E-state index contributed by atoms with van der Waals surface area (Å²) in [5.41, 5.74) is 2.33. The minimum atomic E-state index is -1.24. The third kappa shape index (κ3) is 5.94. The summed E-state index contributed by atoms with van der Waals surface area (Å²) in [4.78, 5) is 22.9. The molecule has 0 saturated heterocycles. The Hall–Kier alpha value is -2.63. The number of nitrogens with zero attached hydrogens (tertiary/aromatic N) is 2. The number of amides is 1. The Kier molecular flexibility index (Phi) is 6.77. The standard InChI is InChI=1S/C21H29N3O3/c1-15(2)18-12-13-22-24(18)14-17-10-8-16(9-11-17)6-5-7-19(25)23-21(3,4)20(26)27/h8-13,15H,5-7,14H2,1-4H3,(H,23,25)(H,26,27). The zero-order valence-electron chi connectivity index (χ0n) is 16.5. The highest BCUT2D eigenvalue weighted by atomic mass is 16.4. The minimum Gasteiger partial charge on any atom is -0.480 e. The van der Waals surface area contributed by atoms with Crippen molar-refractivity contribution in [3.63, 3.8) is 0 Å². The van der Waals surface area contributed by atoms with Crippen LogP contribution < -0.4 is 5.32 Å². The Balaban J connectivity index is 1.83. The van der Waals surface area contributed by atoms with Gasteiger partial charge in [0.2, 0.25) is 5.91 Å². The van der Waals surface area contributed by atoms with Gasteiger partial charge in [0.05, 0.1) is 6.54 Å². The van der Waals surface area contributed by atoms with E-state index in [0.717, 1.165) is 18.5 Å². The van der Waals surface area contributed by atoms with E-state index in [9.17, 15) is 9.59 Å². The van der Waals surface area contributed by atoms with Crippen molar-refractivity contribution < 1.29 is 14.7 Å². The number of aryl methyl sites for hydroxylation is 1. The Morgan fingerprint density at radius 1 is 1.15 bits per heavy atom. The molecule has 2 rings (SSSR count). The van der Waals surface area contributed by atoms with Crippen molar-refractivity contribution in [1.29, 1.82) is 0 Å². The number of benzene rings is 1. The molecule has 0 aliphatic heterocycles. The highest BCUT2D eigenvalue weighted by molar-refractivity contribution is 5.86. The predicted molar refractivity (Wildman–Crippen MR) is 105 cm³/mol. The number of aromatic nitrogens is 2. The second kappa shape index (κ2) is 8.84. The van der Waals surface area contributed by atoms with Crippen LogP contribution in [-0.4, -0.2) is 32.3 Å². The van der Waals surface area contributed by atoms with Gasteiger partial charge in [0, 0.05) is 18.3 Å². The van der Waals surface area contributed by atoms with Crippen LogP contribution in [0.5, 0.6) is 0 Å². The molecule has 0 aliphatic carbocycles. The van der Waals surface area contributed by atoms with Crippen molar-refractivity contribution in [2.75, 3.05) is 0 Å². The van der Waals surface area contributed by atoms with E-state index in [2.05, 4.69) is 54.6 Å². The summed E-state index contributed by atoms with van der Waals surface area (Å²) in [5, 5.41) is 16.0. The van der Waals surface area contributed by atoms with Gasteiger partial charge < -0.3 is 10.4 Å². The first-order valence-electron chi connectivity index (χ1n) is 9.33. The zero-order chi connectivity index (χ0) is 20.0. The molecular formula is C21H29N3O3. The van der Waals surface area contributed by atoms with Crippen LogP contribution in [0.4, 0.5) is 0 Å². The lowest BCUT2D eigenvalue weighted by Gasteiger charge is -2.20. The molecule has 6 heteroatoms. The van der Waals surface area contributed by atoms with Gasteiger partial charge in [0.25, 0.3) is 0 Å². The SMILES string of the molecule is CC(C)c1ccnn1Cc1ccc(CCCC(=O)NC(C)(C)C(=O)O)cc1. The first kappa shape index (κ1) is 20.7. The normalized spacial score (nSPS) is 11.6. The fourth-order valence-corrected chi connectivity index (χ4v) is 2.87. The number of hydrogen-bond acceptors (Lipinski definition) is 3. The number of nitrogens with one attached hydrogen (secondary N) is 1. The van der Waals surface area contributed by atoms with Crippen molar-refractivity contribution in [3.8, 4) is 0 Å². The summed E-state index contributed by atoms with van der Waals surface area (Å²) in [7, 11) is 0. The number of rotatable bonds is 9. The lowest BCUT2D eigenvalue weighted by Crippen LogP contribution is -2.49. The Morgan fingerprint density at radius 3 is 2.37 bits per heavy atom. The Bertz CT molecular complexity index is 776. The summed E-state index contributed by atoms with van der Waals surface area (Å²) in [6, 6.07) is 10.4. The molecular weight excluding hydrogens is 342 g/mol. The molecule has 0 aliphatic rings. The maximum atomic E-state index is 11.9. The second-order valence-corrected chi connectivity index (χ2v) is 7.72. The smallest absolute Gasteiger partial charge is 0.328 e. The topological polar surface area (TPSA) is 84.2 Å². The molecule has 2 N–H and O–H groups in total. The van der Waals surface area contributed by atoms with Gasteiger partial charge in [-0.1, -0.05) is 38.1 Å². The maximum Gasteiger partial charge on any atom is 0.328 e. The van der Waals surface area contributed by atoms with Crippen molar-refractivity contribution in [2.45, 2.75) is 65.0 Å². The average molecular weight is 371 g/mol. The van der Waals surface area contributed by atoms with E-state index in [1.165, 1.54) is 25.1 Å². The van der Waals surface area contributed by atoms with E-state index in [4.69, 9.17) is 5.11 Å². The number of aliphatic carboxylic acids is 1. The monoisotopic (exact) mass is 371 g/mol. The maximum absolute atomic E-state index is 11.9. The number of hydrogen-bond donors (Lipinski definition) is 2. The lowest BCUT2D eigenvalue weighted by atomic mass is 10.0. The second-order valence-electron chi connectivity index (χ2n) is 7.72. The van der Waals surface area contributed by atoms with Gasteiger partial charge in [-0.05, 0) is 49.8 Å². The highest BCUT2D eigenvalue weighted by Crippen LogP contribution is 2.16. The molecule has 146 valence electrons. The van der Waals surface area contributed by atoms with E-state index in [0.29, 0.717) is 18.8 Å². The number of carboxylic acids is 1. The van der Waals surface area contributed by atoms with Crippen LogP contribution in [0.25, 0.3) is 0 Å². The van der Waals surface area contributed by atoms with Crippen molar-refractivity contribution in [1.82, 2.24) is 15.1 Å². The van der Waals surface area contributed by atoms with Crippen LogP contribution >= 0.6 is 0 Å². The number of carboxylic acid groups (broad SMARTS) is 1. The van der Waals surface area contributed by atoms with Crippen LogP contribution in [-0.2, 0) is 22.6 Å². The molecule has 0 atom stereocenters. The van der Waals surface area contributed by atoms with E-state index >= 15 is 0 Å². The van der Waals surface area contributed by atoms with Crippen LogP contribution in [0.2, 0.25) is 0 Å². The third-order valence-electron chi connectivity index (χ3n) is 4.55. The van der Waals surface area contributed by atoms with Crippen LogP contribution in [0.1, 0.15) is 63.3 Å². The fourth-order valence-electron chi connectivity index (χ4n) is 2.87. The van der Waals surface area contributed by atoms with Crippen LogP contribution in [0, 0.1) is 0 Å². The zero-order valence-corrected chi connectivity index (χ0v) is 16.5. The molecule has 0 bridgehead atoms. The predicted octanol–water partition coefficient (Wildman–Crippen LogP) is 3.36. The molecule has 6 nitrogen and oxygen atoms in total. The van der Waals surface area contributed by atoms with Crippen LogP contribution in [0.15, 0.2) is 36.5 Å². The molecule has 1 heterocycles. The molecule has 0 unspecified atom stereocenters. The highest BCUT2D eigenvalue weighted by Gasteiger charge is 2.28. The van der Waals surface area contributed by atoms with Gasteiger partial charge in [-0.15, -0.1) is 0 Å². The molecule has 0 spiro atoms. The Labute approximate surface area is 160 Å². The molecule has 1 aromatic carbocycles. The Morgan fingerprint density at radius 2 is 1.78 bits per heavy atom. The lowest BCUT2D eigenvalue weighted by molar-refractivity contribution is -0.146. The van der Waals surface area contributed by atoms with Gasteiger partial charge in [-0.2, -0.15) is 5.10 Å². The third-order valence-corrected chi connectivity index (χ3v) is 4.55. The van der Waals surface area contributed by atoms with Crippen molar-refractivity contribution >= 4 is 11.9 Å². The summed E-state index contributed by atoms with van der Waals surface area (Å²) >= 11 is 0.